The van der Waals surface area contributed by atoms with Crippen LogP contribution in [0.25, 0.3) is 0 Å². The average Bonchev–Trinajstić information content (AvgIpc) is 2.06. The van der Waals surface area contributed by atoms with Crippen molar-refractivity contribution in [3.05, 3.63) is 41.9 Å². The summed E-state index contributed by atoms with van der Waals surface area (Å²) in [6.07, 6.45) is 4.01. The van der Waals surface area contributed by atoms with E-state index in [0.717, 1.165) is 0 Å². The van der Waals surface area contributed by atoms with Crippen LogP contribution in [0.1, 0.15) is 5.56 Å². The van der Waals surface area contributed by atoms with E-state index in [-0.39, 0.29) is 5.82 Å². The molecule has 1 nitrogen and oxygen atoms in total. The van der Waals surface area contributed by atoms with Gasteiger partial charge in [0, 0.05) is 12.0 Å². The Morgan fingerprint density at radius 1 is 1.36 bits per heavy atom. The molecule has 0 aromatic heterocycles. The Kier molecular flexibility index (Phi) is 1.39. The second-order valence-corrected chi connectivity index (χ2v) is 2.41. The third kappa shape index (κ3) is 1.00. The van der Waals surface area contributed by atoms with Crippen LogP contribution < -0.4 is 4.74 Å². The molecule has 0 N–H and O–H groups in total. The molecule has 0 aliphatic carbocycles. The molecular weight excluding hydrogens is 143 g/mol. The van der Waals surface area contributed by atoms with E-state index in [1.54, 1.807) is 24.5 Å². The van der Waals surface area contributed by atoms with Crippen molar-refractivity contribution in [1.29, 1.82) is 0 Å². The maximum absolute atomic E-state index is 13.0. The van der Waals surface area contributed by atoms with E-state index < -0.39 is 0 Å². The number of benzene rings is 1. The quantitative estimate of drug-likeness (QED) is 0.551. The standard InChI is InChI=1S/C9H7FO/c10-8-4-1-5-9-7(8)3-2-6-11-9/h1-2,4-6H,3H2. The fourth-order valence-electron chi connectivity index (χ4n) is 1.13. The lowest BCUT2D eigenvalue weighted by molar-refractivity contribution is 0.455. The summed E-state index contributed by atoms with van der Waals surface area (Å²) in [5.74, 6) is 0.444. The summed E-state index contributed by atoms with van der Waals surface area (Å²) in [4.78, 5) is 0. The number of halogens is 1. The molecule has 0 spiro atoms. The predicted octanol–water partition coefficient (Wildman–Crippen LogP) is 2.27. The summed E-state index contributed by atoms with van der Waals surface area (Å²) in [6.45, 7) is 0. The van der Waals surface area contributed by atoms with Crippen LogP contribution in [0.2, 0.25) is 0 Å². The summed E-state index contributed by atoms with van der Waals surface area (Å²) in [6, 6.07) is 4.86. The zero-order chi connectivity index (χ0) is 7.68. The van der Waals surface area contributed by atoms with Crippen LogP contribution in [0.5, 0.6) is 5.75 Å². The summed E-state index contributed by atoms with van der Waals surface area (Å²) in [7, 11) is 0. The van der Waals surface area contributed by atoms with E-state index in [1.807, 2.05) is 0 Å². The van der Waals surface area contributed by atoms with Crippen LogP contribution in [0.3, 0.4) is 0 Å². The zero-order valence-corrected chi connectivity index (χ0v) is 5.88. The minimum absolute atomic E-state index is 0.188. The van der Waals surface area contributed by atoms with Gasteiger partial charge in [0.05, 0.1) is 6.26 Å². The molecule has 0 unspecified atom stereocenters. The number of rotatable bonds is 0. The van der Waals surface area contributed by atoms with E-state index in [0.29, 0.717) is 17.7 Å². The summed E-state index contributed by atoms with van der Waals surface area (Å²) in [5.41, 5.74) is 0.648. The van der Waals surface area contributed by atoms with Gasteiger partial charge in [0.2, 0.25) is 0 Å². The molecule has 0 saturated heterocycles. The number of allylic oxidation sites excluding steroid dienone is 1. The van der Waals surface area contributed by atoms with Gasteiger partial charge in [0.1, 0.15) is 11.6 Å². The topological polar surface area (TPSA) is 9.23 Å². The van der Waals surface area contributed by atoms with Crippen LogP contribution in [0, 0.1) is 5.82 Å². The SMILES string of the molecule is Fc1cccc2c1CC=CO2. The van der Waals surface area contributed by atoms with Crippen molar-refractivity contribution in [1.82, 2.24) is 0 Å². The molecule has 2 heteroatoms. The Bertz CT molecular complexity index is 304. The van der Waals surface area contributed by atoms with Gasteiger partial charge in [-0.05, 0) is 18.2 Å². The first kappa shape index (κ1) is 6.40. The highest BCUT2D eigenvalue weighted by atomic mass is 19.1. The molecule has 11 heavy (non-hydrogen) atoms. The third-order valence-electron chi connectivity index (χ3n) is 1.69. The molecule has 1 aromatic carbocycles. The van der Waals surface area contributed by atoms with Gasteiger partial charge in [-0.15, -0.1) is 0 Å². The van der Waals surface area contributed by atoms with Gasteiger partial charge in [0.15, 0.2) is 0 Å². The van der Waals surface area contributed by atoms with Gasteiger partial charge < -0.3 is 4.74 Å². The Morgan fingerprint density at radius 3 is 3.09 bits per heavy atom. The van der Waals surface area contributed by atoms with Crippen molar-refractivity contribution < 1.29 is 9.13 Å². The normalized spacial score (nSPS) is 13.9. The number of hydrogen-bond acceptors (Lipinski definition) is 1. The average molecular weight is 150 g/mol. The van der Waals surface area contributed by atoms with Crippen LogP contribution in [0.4, 0.5) is 4.39 Å². The van der Waals surface area contributed by atoms with Gasteiger partial charge >= 0.3 is 0 Å². The summed E-state index contributed by atoms with van der Waals surface area (Å²) < 4.78 is 18.0. The van der Waals surface area contributed by atoms with Crippen molar-refractivity contribution in [2.45, 2.75) is 6.42 Å². The predicted molar refractivity (Wildman–Crippen MR) is 39.9 cm³/mol. The van der Waals surface area contributed by atoms with Crippen LogP contribution in [-0.2, 0) is 6.42 Å². The molecule has 2 rings (SSSR count). The molecular formula is C9H7FO. The molecule has 0 radical (unpaired) electrons. The molecule has 0 amide bonds. The summed E-state index contributed by atoms with van der Waals surface area (Å²) in [5, 5.41) is 0. The maximum atomic E-state index is 13.0. The number of hydrogen-bond donors (Lipinski definition) is 0. The van der Waals surface area contributed by atoms with Crippen LogP contribution in [-0.4, -0.2) is 0 Å². The Hall–Kier alpha value is -1.31. The largest absolute Gasteiger partial charge is 0.465 e. The second-order valence-electron chi connectivity index (χ2n) is 2.41. The molecule has 56 valence electrons. The first-order valence-corrected chi connectivity index (χ1v) is 3.47. The molecule has 1 aliphatic rings. The Morgan fingerprint density at radius 2 is 2.27 bits per heavy atom. The van der Waals surface area contributed by atoms with Crippen molar-refractivity contribution in [2.75, 3.05) is 0 Å². The first-order chi connectivity index (χ1) is 5.38. The molecule has 0 bridgehead atoms. The van der Waals surface area contributed by atoms with Crippen molar-refractivity contribution in [2.24, 2.45) is 0 Å². The molecule has 1 aliphatic heterocycles. The lowest BCUT2D eigenvalue weighted by Crippen LogP contribution is -1.98. The smallest absolute Gasteiger partial charge is 0.132 e. The fraction of sp³-hybridized carbons (Fsp3) is 0.111. The number of fused-ring (bicyclic) bond motifs is 1. The van der Waals surface area contributed by atoms with Crippen molar-refractivity contribution in [3.63, 3.8) is 0 Å². The highest BCUT2D eigenvalue weighted by Gasteiger charge is 2.09. The molecule has 0 atom stereocenters. The second kappa shape index (κ2) is 2.38. The Labute approximate surface area is 64.1 Å². The van der Waals surface area contributed by atoms with Gasteiger partial charge in [0.25, 0.3) is 0 Å². The van der Waals surface area contributed by atoms with Crippen LogP contribution in [0.15, 0.2) is 30.5 Å². The lowest BCUT2D eigenvalue weighted by atomic mass is 10.1. The maximum Gasteiger partial charge on any atom is 0.132 e. The van der Waals surface area contributed by atoms with E-state index >= 15 is 0 Å². The van der Waals surface area contributed by atoms with Crippen LogP contribution >= 0.6 is 0 Å². The highest BCUT2D eigenvalue weighted by molar-refractivity contribution is 5.38. The number of ether oxygens (including phenoxy) is 1. The summed E-state index contributed by atoms with van der Waals surface area (Å²) >= 11 is 0. The Balaban J connectivity index is 2.54. The molecule has 1 aromatic rings. The first-order valence-electron chi connectivity index (χ1n) is 3.47. The third-order valence-corrected chi connectivity index (χ3v) is 1.69. The van der Waals surface area contributed by atoms with Gasteiger partial charge in [-0.3, -0.25) is 0 Å². The molecule has 0 saturated carbocycles. The minimum Gasteiger partial charge on any atom is -0.465 e. The molecule has 1 heterocycles. The highest BCUT2D eigenvalue weighted by Crippen LogP contribution is 2.24. The van der Waals surface area contributed by atoms with E-state index in [9.17, 15) is 4.39 Å². The van der Waals surface area contributed by atoms with E-state index in [4.69, 9.17) is 4.74 Å². The zero-order valence-electron chi connectivity index (χ0n) is 5.88. The minimum atomic E-state index is -0.188. The monoisotopic (exact) mass is 150 g/mol. The lowest BCUT2D eigenvalue weighted by Gasteiger charge is -2.11. The van der Waals surface area contributed by atoms with Crippen molar-refractivity contribution in [3.8, 4) is 5.75 Å². The van der Waals surface area contributed by atoms with Gasteiger partial charge in [-0.1, -0.05) is 6.07 Å². The van der Waals surface area contributed by atoms with Gasteiger partial charge in [-0.25, -0.2) is 4.39 Å². The van der Waals surface area contributed by atoms with Gasteiger partial charge in [-0.2, -0.15) is 0 Å². The molecule has 0 fully saturated rings. The van der Waals surface area contributed by atoms with E-state index in [1.165, 1.54) is 6.07 Å². The van der Waals surface area contributed by atoms with E-state index in [2.05, 4.69) is 0 Å². The fourth-order valence-corrected chi connectivity index (χ4v) is 1.13. The van der Waals surface area contributed by atoms with Crippen molar-refractivity contribution >= 4 is 0 Å².